The summed E-state index contributed by atoms with van der Waals surface area (Å²) < 4.78 is 18.4. The number of esters is 1. The van der Waals surface area contributed by atoms with E-state index in [1.54, 1.807) is 6.92 Å². The number of fused-ring (bicyclic) bond motifs is 6. The molecule has 0 N–H and O–H groups in total. The van der Waals surface area contributed by atoms with Gasteiger partial charge in [-0.1, -0.05) is 96.5 Å². The molecule has 4 nitrogen and oxygen atoms in total. The minimum absolute atomic E-state index is 0.162. The average Bonchev–Trinajstić information content (AvgIpc) is 3.16. The molecule has 0 spiro atoms. The SMILES string of the molecule is CC1(C)OB(c2cc3c4ccccc4c4ccccc4c3cc2Cl)OC1(C)C(=O)OCc1ccccc1. The molecule has 5 aromatic rings. The summed E-state index contributed by atoms with van der Waals surface area (Å²) in [5.74, 6) is -0.475. The van der Waals surface area contributed by atoms with Crippen molar-refractivity contribution in [2.75, 3.05) is 0 Å². The summed E-state index contributed by atoms with van der Waals surface area (Å²) in [7, 11) is -0.827. The maximum atomic E-state index is 13.3. The number of ether oxygens (including phenoxy) is 1. The fourth-order valence-corrected chi connectivity index (χ4v) is 5.42. The van der Waals surface area contributed by atoms with Gasteiger partial charge in [0.15, 0.2) is 5.60 Å². The average molecular weight is 509 g/mol. The van der Waals surface area contributed by atoms with Crippen LogP contribution in [-0.4, -0.2) is 24.3 Å². The molecule has 0 aromatic heterocycles. The van der Waals surface area contributed by atoms with Gasteiger partial charge in [0, 0.05) is 10.5 Å². The Labute approximate surface area is 221 Å². The summed E-state index contributed by atoms with van der Waals surface area (Å²) in [6.07, 6.45) is 0. The lowest BCUT2D eigenvalue weighted by molar-refractivity contribution is -0.169. The maximum absolute atomic E-state index is 13.3. The van der Waals surface area contributed by atoms with E-state index in [1.807, 2.05) is 68.4 Å². The van der Waals surface area contributed by atoms with Crippen molar-refractivity contribution in [1.29, 1.82) is 0 Å². The zero-order chi connectivity index (χ0) is 25.8. The van der Waals surface area contributed by atoms with Crippen LogP contribution < -0.4 is 5.46 Å². The Balaban J connectivity index is 1.40. The van der Waals surface area contributed by atoms with E-state index >= 15 is 0 Å². The molecule has 0 radical (unpaired) electrons. The van der Waals surface area contributed by atoms with Crippen molar-refractivity contribution in [1.82, 2.24) is 0 Å². The standard InChI is InChI=1S/C31H26BClO4/c1-30(2)31(3,29(34)35-19-20-11-5-4-6-12-20)37-32(36-30)27-17-25-23-15-9-7-13-21(23)22-14-8-10-16-24(22)26(25)18-28(27)33/h4-18H,19H2,1-3H3. The second-order valence-electron chi connectivity index (χ2n) is 10.2. The van der Waals surface area contributed by atoms with Crippen LogP contribution in [0.3, 0.4) is 0 Å². The van der Waals surface area contributed by atoms with Gasteiger partial charge in [-0.25, -0.2) is 4.79 Å². The summed E-state index contributed by atoms with van der Waals surface area (Å²) in [4.78, 5) is 13.3. The number of hydrogen-bond donors (Lipinski definition) is 0. The molecule has 1 unspecified atom stereocenters. The van der Waals surface area contributed by atoms with Gasteiger partial charge in [-0.15, -0.1) is 0 Å². The zero-order valence-electron chi connectivity index (χ0n) is 21.0. The highest BCUT2D eigenvalue weighted by atomic mass is 35.5. The predicted octanol–water partition coefficient (Wildman–Crippen LogP) is 6.82. The highest BCUT2D eigenvalue weighted by Crippen LogP contribution is 2.40. The lowest BCUT2D eigenvalue weighted by atomic mass is 9.77. The number of hydrogen-bond acceptors (Lipinski definition) is 4. The molecule has 1 aliphatic heterocycles. The van der Waals surface area contributed by atoms with Gasteiger partial charge in [-0.2, -0.15) is 0 Å². The Bertz CT molecular complexity index is 1670. The van der Waals surface area contributed by atoms with Gasteiger partial charge in [0.05, 0.1) is 5.60 Å². The van der Waals surface area contributed by atoms with Gasteiger partial charge in [0.1, 0.15) is 6.61 Å². The van der Waals surface area contributed by atoms with Crippen LogP contribution in [-0.2, 0) is 25.4 Å². The smallest absolute Gasteiger partial charge is 0.459 e. The van der Waals surface area contributed by atoms with Gasteiger partial charge in [0.25, 0.3) is 0 Å². The van der Waals surface area contributed by atoms with Crippen LogP contribution in [0.15, 0.2) is 91.0 Å². The molecule has 1 saturated heterocycles. The molecule has 1 fully saturated rings. The fraction of sp³-hybridized carbons (Fsp3) is 0.194. The minimum atomic E-state index is -1.32. The monoisotopic (exact) mass is 508 g/mol. The van der Waals surface area contributed by atoms with E-state index in [9.17, 15) is 4.79 Å². The second kappa shape index (κ2) is 8.88. The largest absolute Gasteiger partial charge is 0.496 e. The van der Waals surface area contributed by atoms with E-state index in [0.29, 0.717) is 10.5 Å². The van der Waals surface area contributed by atoms with E-state index in [4.69, 9.17) is 25.6 Å². The molecule has 1 heterocycles. The normalized spacial score (nSPS) is 19.1. The minimum Gasteiger partial charge on any atom is -0.459 e. The van der Waals surface area contributed by atoms with Crippen molar-refractivity contribution >= 4 is 62.5 Å². The summed E-state index contributed by atoms with van der Waals surface area (Å²) in [6, 6.07) is 30.3. The molecule has 1 aliphatic rings. The molecule has 6 heteroatoms. The Morgan fingerprint density at radius 1 is 0.757 bits per heavy atom. The number of halogens is 1. The molecule has 0 aliphatic carbocycles. The van der Waals surface area contributed by atoms with Crippen molar-refractivity contribution in [3.63, 3.8) is 0 Å². The van der Waals surface area contributed by atoms with Crippen LogP contribution in [0.25, 0.3) is 32.3 Å². The second-order valence-corrected chi connectivity index (χ2v) is 10.6. The molecule has 184 valence electrons. The molecule has 0 saturated carbocycles. The van der Waals surface area contributed by atoms with Gasteiger partial charge in [-0.3, -0.25) is 0 Å². The summed E-state index contributed by atoms with van der Waals surface area (Å²) in [6.45, 7) is 5.57. The summed E-state index contributed by atoms with van der Waals surface area (Å²) in [5.41, 5.74) is -0.683. The number of carbonyl (C=O) groups is 1. The van der Waals surface area contributed by atoms with Gasteiger partial charge in [0.2, 0.25) is 0 Å². The topological polar surface area (TPSA) is 44.8 Å². The zero-order valence-corrected chi connectivity index (χ0v) is 21.7. The van der Waals surface area contributed by atoms with Crippen LogP contribution in [0.2, 0.25) is 5.02 Å². The lowest BCUT2D eigenvalue weighted by Crippen LogP contribution is -2.52. The molecular weight excluding hydrogens is 483 g/mol. The van der Waals surface area contributed by atoms with Crippen LogP contribution in [0.1, 0.15) is 26.3 Å². The Morgan fingerprint density at radius 3 is 1.86 bits per heavy atom. The van der Waals surface area contributed by atoms with Gasteiger partial charge >= 0.3 is 13.1 Å². The van der Waals surface area contributed by atoms with Crippen molar-refractivity contribution in [3.8, 4) is 0 Å². The number of carbonyl (C=O) groups excluding carboxylic acids is 1. The molecule has 1 atom stereocenters. The summed E-state index contributed by atoms with van der Waals surface area (Å²) >= 11 is 6.87. The van der Waals surface area contributed by atoms with E-state index < -0.39 is 24.3 Å². The Hall–Kier alpha value is -3.38. The predicted molar refractivity (Wildman–Crippen MR) is 150 cm³/mol. The lowest BCUT2D eigenvalue weighted by Gasteiger charge is -2.33. The van der Waals surface area contributed by atoms with Gasteiger partial charge in [-0.05, 0) is 64.7 Å². The van der Waals surface area contributed by atoms with Crippen LogP contribution >= 0.6 is 11.6 Å². The fourth-order valence-electron chi connectivity index (χ4n) is 5.16. The van der Waals surface area contributed by atoms with Crippen molar-refractivity contribution in [2.45, 2.75) is 38.6 Å². The summed E-state index contributed by atoms with van der Waals surface area (Å²) in [5, 5.41) is 7.24. The van der Waals surface area contributed by atoms with Crippen molar-refractivity contribution in [2.24, 2.45) is 0 Å². The van der Waals surface area contributed by atoms with E-state index in [1.165, 1.54) is 10.8 Å². The number of rotatable bonds is 4. The molecule has 5 aromatic carbocycles. The molecule has 37 heavy (non-hydrogen) atoms. The van der Waals surface area contributed by atoms with Crippen LogP contribution in [0, 0.1) is 0 Å². The van der Waals surface area contributed by atoms with Crippen molar-refractivity contribution < 1.29 is 18.8 Å². The highest BCUT2D eigenvalue weighted by Gasteiger charge is 2.60. The first kappa shape index (κ1) is 24.0. The molecule has 0 bridgehead atoms. The third-order valence-corrected chi connectivity index (χ3v) is 7.94. The van der Waals surface area contributed by atoms with E-state index in [-0.39, 0.29) is 6.61 Å². The first-order valence-corrected chi connectivity index (χ1v) is 12.8. The molecular formula is C31H26BClO4. The maximum Gasteiger partial charge on any atom is 0.496 e. The Kier molecular flexibility index (Phi) is 5.76. The first-order valence-electron chi connectivity index (χ1n) is 12.4. The Morgan fingerprint density at radius 2 is 1.27 bits per heavy atom. The third kappa shape index (κ3) is 3.90. The van der Waals surface area contributed by atoms with E-state index in [2.05, 4.69) is 36.4 Å². The van der Waals surface area contributed by atoms with Gasteiger partial charge < -0.3 is 14.0 Å². The molecule has 6 rings (SSSR count). The third-order valence-electron chi connectivity index (χ3n) is 7.61. The van der Waals surface area contributed by atoms with E-state index in [0.717, 1.165) is 27.1 Å². The number of benzene rings is 5. The first-order chi connectivity index (χ1) is 17.8. The van der Waals surface area contributed by atoms with Crippen LogP contribution in [0.4, 0.5) is 0 Å². The quantitative estimate of drug-likeness (QED) is 0.152. The van der Waals surface area contributed by atoms with Crippen LogP contribution in [0.5, 0.6) is 0 Å². The van der Waals surface area contributed by atoms with Crippen molar-refractivity contribution in [3.05, 3.63) is 102 Å². The highest BCUT2D eigenvalue weighted by molar-refractivity contribution is 6.66. The molecule has 0 amide bonds.